The second kappa shape index (κ2) is 5.44. The highest BCUT2D eigenvalue weighted by Crippen LogP contribution is 2.42. The van der Waals surface area contributed by atoms with Crippen molar-refractivity contribution in [2.24, 2.45) is 5.41 Å². The molecule has 0 radical (unpaired) electrons. The average Bonchev–Trinajstić information content (AvgIpc) is 2.30. The maximum absolute atomic E-state index is 10.4. The van der Waals surface area contributed by atoms with Crippen molar-refractivity contribution in [2.75, 3.05) is 6.61 Å². The van der Waals surface area contributed by atoms with E-state index >= 15 is 0 Å². The van der Waals surface area contributed by atoms with Crippen LogP contribution < -0.4 is 0 Å². The van der Waals surface area contributed by atoms with E-state index in [1.165, 1.54) is 0 Å². The summed E-state index contributed by atoms with van der Waals surface area (Å²) >= 11 is 0. The molecule has 0 spiro atoms. The highest BCUT2D eigenvalue weighted by atomic mass is 28.4. The summed E-state index contributed by atoms with van der Waals surface area (Å²) in [5, 5.41) is 10.5. The minimum absolute atomic E-state index is 0.152. The number of hydrogen-bond acceptors (Lipinski definition) is 2. The van der Waals surface area contributed by atoms with Crippen molar-refractivity contribution in [3.05, 3.63) is 12.2 Å². The molecule has 1 N–H and O–H groups in total. The average molecular weight is 280 g/mol. The highest BCUT2D eigenvalue weighted by Gasteiger charge is 2.44. The summed E-state index contributed by atoms with van der Waals surface area (Å²) in [7, 11) is -1.84. The monoisotopic (exact) mass is 280 g/mol. The predicted octanol–water partition coefficient (Wildman–Crippen LogP) is 3.73. The third-order valence-electron chi connectivity index (χ3n) is 4.82. The molecule has 0 bridgehead atoms. The lowest BCUT2D eigenvalue weighted by atomic mass is 9.71. The van der Waals surface area contributed by atoms with Crippen LogP contribution in [0, 0.1) is 17.8 Å². The lowest BCUT2D eigenvalue weighted by Crippen LogP contribution is -2.48. The Labute approximate surface area is 119 Å². The Morgan fingerprint density at radius 1 is 1.53 bits per heavy atom. The number of aliphatic hydroxyl groups excluding tert-OH is 1. The van der Waals surface area contributed by atoms with Crippen LogP contribution in [0.25, 0.3) is 0 Å². The van der Waals surface area contributed by atoms with Crippen molar-refractivity contribution >= 4 is 8.32 Å². The largest absolute Gasteiger partial charge is 0.415 e. The number of terminal acetylenes is 1. The molecule has 0 amide bonds. The van der Waals surface area contributed by atoms with Crippen molar-refractivity contribution in [3.8, 4) is 12.3 Å². The van der Waals surface area contributed by atoms with Crippen molar-refractivity contribution in [1.82, 2.24) is 0 Å². The molecule has 1 fully saturated rings. The second-order valence-electron chi connectivity index (χ2n) is 7.26. The van der Waals surface area contributed by atoms with Gasteiger partial charge in [0.2, 0.25) is 0 Å². The van der Waals surface area contributed by atoms with Gasteiger partial charge in [0.25, 0.3) is 0 Å². The molecule has 0 saturated heterocycles. The minimum Gasteiger partial charge on any atom is -0.415 e. The minimum atomic E-state index is -1.84. The van der Waals surface area contributed by atoms with E-state index in [1.807, 2.05) is 0 Å². The zero-order chi connectivity index (χ0) is 14.9. The molecule has 0 aliphatic heterocycles. The fourth-order valence-electron chi connectivity index (χ4n) is 2.16. The molecule has 108 valence electrons. The first-order chi connectivity index (χ1) is 8.56. The molecule has 0 aromatic rings. The van der Waals surface area contributed by atoms with Crippen LogP contribution in [0.3, 0.4) is 0 Å². The van der Waals surface area contributed by atoms with E-state index in [-0.39, 0.29) is 5.04 Å². The molecule has 2 nitrogen and oxygen atoms in total. The molecule has 1 aliphatic carbocycles. The van der Waals surface area contributed by atoms with Gasteiger partial charge in [-0.3, -0.25) is 0 Å². The standard InChI is InChI=1S/C16H28O2Si/c1-8-16(11-9-10-13(2)14(16)17)12-18-19(6,7)15(3,4)5/h1,14,17H,2,9-12H2,3-7H3/t14-,16+/m1/s1. The maximum Gasteiger partial charge on any atom is 0.192 e. The smallest absolute Gasteiger partial charge is 0.192 e. The van der Waals surface area contributed by atoms with Crippen LogP contribution in [0.15, 0.2) is 12.2 Å². The predicted molar refractivity (Wildman–Crippen MR) is 83.4 cm³/mol. The summed E-state index contributed by atoms with van der Waals surface area (Å²) < 4.78 is 6.24. The first-order valence-electron chi connectivity index (χ1n) is 7.03. The van der Waals surface area contributed by atoms with E-state index in [4.69, 9.17) is 10.8 Å². The van der Waals surface area contributed by atoms with Crippen molar-refractivity contribution < 1.29 is 9.53 Å². The summed E-state index contributed by atoms with van der Waals surface area (Å²) in [4.78, 5) is 0. The molecule has 1 rings (SSSR count). The van der Waals surface area contributed by atoms with Gasteiger partial charge in [0.1, 0.15) is 0 Å². The third-order valence-corrected chi connectivity index (χ3v) is 9.29. The molecule has 0 heterocycles. The van der Waals surface area contributed by atoms with Crippen LogP contribution in [0.5, 0.6) is 0 Å². The molecule has 2 atom stereocenters. The van der Waals surface area contributed by atoms with Gasteiger partial charge in [-0.1, -0.05) is 33.3 Å². The second-order valence-corrected chi connectivity index (χ2v) is 12.1. The van der Waals surface area contributed by atoms with Crippen LogP contribution in [-0.4, -0.2) is 26.1 Å². The van der Waals surface area contributed by atoms with Crippen LogP contribution >= 0.6 is 0 Å². The molecule has 0 aromatic carbocycles. The van der Waals surface area contributed by atoms with E-state index in [9.17, 15) is 5.11 Å². The Hall–Kier alpha value is -0.563. The van der Waals surface area contributed by atoms with Crippen LogP contribution in [-0.2, 0) is 4.43 Å². The van der Waals surface area contributed by atoms with Crippen molar-refractivity contribution in [1.29, 1.82) is 0 Å². The fourth-order valence-corrected chi connectivity index (χ4v) is 3.22. The van der Waals surface area contributed by atoms with E-state index in [0.717, 1.165) is 24.8 Å². The van der Waals surface area contributed by atoms with Gasteiger partial charge in [0.15, 0.2) is 8.32 Å². The summed E-state index contributed by atoms with van der Waals surface area (Å²) in [6.07, 6.45) is 7.76. The quantitative estimate of drug-likeness (QED) is 0.485. The lowest BCUT2D eigenvalue weighted by molar-refractivity contribution is 0.0281. The lowest BCUT2D eigenvalue weighted by Gasteiger charge is -2.43. The number of hydrogen-bond donors (Lipinski definition) is 1. The zero-order valence-corrected chi connectivity index (χ0v) is 14.0. The molecule has 0 aromatic heterocycles. The van der Waals surface area contributed by atoms with Gasteiger partial charge in [-0.05, 0) is 43.0 Å². The SMILES string of the molecule is C#C[C@@]1(CO[Si](C)(C)C(C)(C)C)CCCC(=C)[C@H]1O. The first-order valence-corrected chi connectivity index (χ1v) is 9.94. The van der Waals surface area contributed by atoms with E-state index in [1.54, 1.807) is 0 Å². The fraction of sp³-hybridized carbons (Fsp3) is 0.750. The topological polar surface area (TPSA) is 29.5 Å². The van der Waals surface area contributed by atoms with E-state index in [0.29, 0.717) is 6.61 Å². The van der Waals surface area contributed by atoms with Gasteiger partial charge in [0, 0.05) is 0 Å². The summed E-state index contributed by atoms with van der Waals surface area (Å²) in [5.74, 6) is 2.81. The van der Waals surface area contributed by atoms with Crippen LogP contribution in [0.1, 0.15) is 40.0 Å². The Morgan fingerprint density at radius 2 is 2.11 bits per heavy atom. The van der Waals surface area contributed by atoms with Gasteiger partial charge in [0.05, 0.1) is 18.1 Å². The number of aliphatic hydroxyl groups is 1. The Morgan fingerprint density at radius 3 is 2.58 bits per heavy atom. The van der Waals surface area contributed by atoms with Crippen molar-refractivity contribution in [2.45, 2.75) is 64.3 Å². The van der Waals surface area contributed by atoms with Crippen molar-refractivity contribution in [3.63, 3.8) is 0 Å². The molecule has 1 saturated carbocycles. The molecule has 3 heteroatoms. The van der Waals surface area contributed by atoms with Gasteiger partial charge in [-0.2, -0.15) is 0 Å². The summed E-state index contributed by atoms with van der Waals surface area (Å²) in [5.41, 5.74) is 0.272. The van der Waals surface area contributed by atoms with Gasteiger partial charge < -0.3 is 9.53 Å². The first kappa shape index (κ1) is 16.5. The molecule has 1 aliphatic rings. The normalized spacial score (nSPS) is 29.1. The summed E-state index contributed by atoms with van der Waals surface area (Å²) in [6, 6.07) is 0. The maximum atomic E-state index is 10.4. The third kappa shape index (κ3) is 3.31. The van der Waals surface area contributed by atoms with Gasteiger partial charge in [-0.15, -0.1) is 6.42 Å². The van der Waals surface area contributed by atoms with E-state index in [2.05, 4.69) is 46.4 Å². The van der Waals surface area contributed by atoms with E-state index < -0.39 is 19.8 Å². The number of rotatable bonds is 3. The molecular weight excluding hydrogens is 252 g/mol. The molecular formula is C16H28O2Si. The van der Waals surface area contributed by atoms with Crippen LogP contribution in [0.2, 0.25) is 18.1 Å². The zero-order valence-electron chi connectivity index (χ0n) is 13.0. The molecule has 19 heavy (non-hydrogen) atoms. The van der Waals surface area contributed by atoms with Crippen LogP contribution in [0.4, 0.5) is 0 Å². The summed E-state index contributed by atoms with van der Waals surface area (Å²) in [6.45, 7) is 15.4. The van der Waals surface area contributed by atoms with Gasteiger partial charge in [-0.25, -0.2) is 0 Å². The molecule has 0 unspecified atom stereocenters. The Balaban J connectivity index is 2.84. The van der Waals surface area contributed by atoms with Gasteiger partial charge >= 0.3 is 0 Å². The highest BCUT2D eigenvalue weighted by molar-refractivity contribution is 6.74. The Bertz CT molecular complexity index is 387. The Kier molecular flexibility index (Phi) is 4.72.